The Morgan fingerprint density at radius 1 is 0.889 bits per heavy atom. The Morgan fingerprint density at radius 2 is 1.53 bits per heavy atom. The molecule has 1 aliphatic heterocycles. The number of carbonyl (C=O) groups is 1. The van der Waals surface area contributed by atoms with Crippen molar-refractivity contribution in [2.75, 3.05) is 49.9 Å². The monoisotopic (exact) mass is 548 g/mol. The average molecular weight is 549 g/mol. The van der Waals surface area contributed by atoms with Crippen molar-refractivity contribution in [2.45, 2.75) is 16.2 Å². The molecule has 4 rings (SSSR count). The molecule has 1 N–H and O–H groups in total. The van der Waals surface area contributed by atoms with Crippen LogP contribution in [0.1, 0.15) is 4.88 Å². The Balaban J connectivity index is 1.46. The highest BCUT2D eigenvalue weighted by Crippen LogP contribution is 2.29. The summed E-state index contributed by atoms with van der Waals surface area (Å²) >= 11 is 1.57. The van der Waals surface area contributed by atoms with E-state index >= 15 is 0 Å². The fourth-order valence-corrected chi connectivity index (χ4v) is 6.58. The van der Waals surface area contributed by atoms with E-state index in [2.05, 4.69) is 9.62 Å². The molecule has 2 heterocycles. The van der Waals surface area contributed by atoms with Crippen LogP contribution in [0.3, 0.4) is 0 Å². The Hall–Kier alpha value is -2.93. The molecule has 0 aliphatic carbocycles. The molecule has 9 nitrogen and oxygen atoms in total. The molecule has 0 bridgehead atoms. The molecule has 0 radical (unpaired) electrons. The Morgan fingerprint density at radius 3 is 2.14 bits per heavy atom. The number of hydrogen-bond acceptors (Lipinski definition) is 7. The molecule has 0 unspecified atom stereocenters. The van der Waals surface area contributed by atoms with Crippen LogP contribution in [0.4, 0.5) is 11.4 Å². The number of sulfonamides is 2. The number of nitrogens with one attached hydrogen (secondary N) is 1. The van der Waals surface area contributed by atoms with E-state index in [1.54, 1.807) is 23.5 Å². The van der Waals surface area contributed by atoms with Gasteiger partial charge in [-0.25, -0.2) is 21.1 Å². The minimum Gasteiger partial charge on any atom is -0.366 e. The van der Waals surface area contributed by atoms with Gasteiger partial charge in [0.25, 0.3) is 10.0 Å². The van der Waals surface area contributed by atoms with Crippen LogP contribution < -0.4 is 9.62 Å². The number of carbonyl (C=O) groups excluding carboxylic acids is 1. The topological polar surface area (TPSA) is 107 Å². The van der Waals surface area contributed by atoms with E-state index < -0.39 is 20.0 Å². The van der Waals surface area contributed by atoms with Crippen molar-refractivity contribution < 1.29 is 21.6 Å². The van der Waals surface area contributed by atoms with Crippen molar-refractivity contribution >= 4 is 48.7 Å². The van der Waals surface area contributed by atoms with Gasteiger partial charge in [-0.3, -0.25) is 9.52 Å². The van der Waals surface area contributed by atoms with Crippen molar-refractivity contribution in [3.05, 3.63) is 70.9 Å². The zero-order chi connectivity index (χ0) is 25.9. The number of para-hydroxylation sites is 2. The predicted molar refractivity (Wildman–Crippen MR) is 141 cm³/mol. The number of nitrogens with zero attached hydrogens (tertiary/aromatic N) is 3. The first kappa shape index (κ1) is 26.1. The summed E-state index contributed by atoms with van der Waals surface area (Å²) in [7, 11) is -4.79. The van der Waals surface area contributed by atoms with Crippen molar-refractivity contribution in [3.63, 3.8) is 0 Å². The molecule has 1 saturated heterocycles. The summed E-state index contributed by atoms with van der Waals surface area (Å²) in [4.78, 5) is 17.5. The summed E-state index contributed by atoms with van der Waals surface area (Å²) in [5.74, 6) is 0.0887. The standard InChI is InChI=1S/C24H28N4O5S3/c1-26(2)36(32,33)21-11-9-20(10-12-21)35(30,31)25-22-7-3-4-8-23(22)27-13-15-28(16-14-27)24(29)18-19-6-5-17-34-19/h3-12,17,25H,13-16,18H2,1-2H3. The molecule has 36 heavy (non-hydrogen) atoms. The quantitative estimate of drug-likeness (QED) is 0.464. The van der Waals surface area contributed by atoms with E-state index in [9.17, 15) is 21.6 Å². The van der Waals surface area contributed by atoms with Crippen LogP contribution in [0.2, 0.25) is 0 Å². The number of amides is 1. The first-order valence-electron chi connectivity index (χ1n) is 11.3. The maximum atomic E-state index is 13.1. The third-order valence-corrected chi connectivity index (χ3v) is 10.0. The van der Waals surface area contributed by atoms with Gasteiger partial charge in [0.05, 0.1) is 27.6 Å². The lowest BCUT2D eigenvalue weighted by atomic mass is 10.2. The Kier molecular flexibility index (Phi) is 7.69. The molecule has 1 amide bonds. The largest absolute Gasteiger partial charge is 0.366 e. The second-order valence-corrected chi connectivity index (χ2v) is 13.4. The normalized spacial score (nSPS) is 14.8. The summed E-state index contributed by atoms with van der Waals surface area (Å²) < 4.78 is 54.4. The van der Waals surface area contributed by atoms with Crippen molar-refractivity contribution in [2.24, 2.45) is 0 Å². The van der Waals surface area contributed by atoms with Gasteiger partial charge in [0.2, 0.25) is 15.9 Å². The van der Waals surface area contributed by atoms with E-state index in [0.717, 1.165) is 14.9 Å². The maximum Gasteiger partial charge on any atom is 0.261 e. The minimum atomic E-state index is -3.96. The first-order chi connectivity index (χ1) is 17.1. The lowest BCUT2D eigenvalue weighted by Crippen LogP contribution is -2.49. The third-order valence-electron chi connectivity index (χ3n) is 5.94. The van der Waals surface area contributed by atoms with Crippen LogP contribution in [-0.4, -0.2) is 72.2 Å². The van der Waals surface area contributed by atoms with Crippen LogP contribution in [0.5, 0.6) is 0 Å². The summed E-state index contributed by atoms with van der Waals surface area (Å²) in [6.07, 6.45) is 0.392. The van der Waals surface area contributed by atoms with E-state index in [-0.39, 0.29) is 15.7 Å². The van der Waals surface area contributed by atoms with E-state index in [0.29, 0.717) is 38.3 Å². The van der Waals surface area contributed by atoms with Crippen molar-refractivity contribution in [1.82, 2.24) is 9.21 Å². The molecule has 0 spiro atoms. The molecule has 2 aromatic carbocycles. The lowest BCUT2D eigenvalue weighted by Gasteiger charge is -2.37. The van der Waals surface area contributed by atoms with Crippen LogP contribution in [0.25, 0.3) is 0 Å². The first-order valence-corrected chi connectivity index (χ1v) is 15.1. The predicted octanol–water partition coefficient (Wildman–Crippen LogP) is 2.69. The minimum absolute atomic E-state index is 0.0124. The Bertz CT molecular complexity index is 1410. The number of rotatable bonds is 8. The molecule has 3 aromatic rings. The van der Waals surface area contributed by atoms with E-state index in [1.807, 2.05) is 34.5 Å². The van der Waals surface area contributed by atoms with Gasteiger partial charge in [0.1, 0.15) is 0 Å². The molecule has 1 aromatic heterocycles. The number of thiophene rings is 1. The number of hydrogen-bond donors (Lipinski definition) is 1. The van der Waals surface area contributed by atoms with Crippen LogP contribution >= 0.6 is 11.3 Å². The van der Waals surface area contributed by atoms with Gasteiger partial charge < -0.3 is 9.80 Å². The summed E-state index contributed by atoms with van der Waals surface area (Å²) in [5.41, 5.74) is 1.14. The summed E-state index contributed by atoms with van der Waals surface area (Å²) in [6, 6.07) is 16.1. The highest BCUT2D eigenvalue weighted by atomic mass is 32.2. The van der Waals surface area contributed by atoms with E-state index in [4.69, 9.17) is 0 Å². The van der Waals surface area contributed by atoms with Crippen LogP contribution in [-0.2, 0) is 31.3 Å². The Labute approximate surface area is 216 Å². The van der Waals surface area contributed by atoms with Gasteiger partial charge in [0.15, 0.2) is 0 Å². The highest BCUT2D eigenvalue weighted by molar-refractivity contribution is 7.92. The third kappa shape index (κ3) is 5.72. The van der Waals surface area contributed by atoms with Gasteiger partial charge in [0, 0.05) is 45.2 Å². The molecule has 0 saturated carbocycles. The molecular formula is C24H28N4O5S3. The zero-order valence-corrected chi connectivity index (χ0v) is 22.4. The van der Waals surface area contributed by atoms with Gasteiger partial charge >= 0.3 is 0 Å². The molecule has 1 aliphatic rings. The van der Waals surface area contributed by atoms with Gasteiger partial charge in [-0.1, -0.05) is 18.2 Å². The number of anilines is 2. The molecule has 12 heteroatoms. The molecular weight excluding hydrogens is 520 g/mol. The van der Waals surface area contributed by atoms with Crippen LogP contribution in [0.15, 0.2) is 75.8 Å². The fourth-order valence-electron chi connectivity index (χ4n) is 3.91. The van der Waals surface area contributed by atoms with Gasteiger partial charge in [-0.2, -0.15) is 0 Å². The smallest absolute Gasteiger partial charge is 0.261 e. The average Bonchev–Trinajstić information content (AvgIpc) is 3.37. The second-order valence-electron chi connectivity index (χ2n) is 8.51. The second kappa shape index (κ2) is 10.6. The zero-order valence-electron chi connectivity index (χ0n) is 20.0. The van der Waals surface area contributed by atoms with E-state index in [1.165, 1.54) is 38.4 Å². The fraction of sp³-hybridized carbons (Fsp3) is 0.292. The summed E-state index contributed by atoms with van der Waals surface area (Å²) in [6.45, 7) is 2.25. The van der Waals surface area contributed by atoms with Crippen molar-refractivity contribution in [3.8, 4) is 0 Å². The van der Waals surface area contributed by atoms with Gasteiger partial charge in [-0.05, 0) is 47.8 Å². The SMILES string of the molecule is CN(C)S(=O)(=O)c1ccc(S(=O)(=O)Nc2ccccc2N2CCN(C(=O)Cc3cccs3)CC2)cc1. The van der Waals surface area contributed by atoms with Crippen LogP contribution in [0, 0.1) is 0 Å². The number of piperazine rings is 1. The van der Waals surface area contributed by atoms with Gasteiger partial charge in [-0.15, -0.1) is 11.3 Å². The number of benzene rings is 2. The molecule has 0 atom stereocenters. The summed E-state index contributed by atoms with van der Waals surface area (Å²) in [5, 5.41) is 1.96. The van der Waals surface area contributed by atoms with Crippen molar-refractivity contribution in [1.29, 1.82) is 0 Å². The molecule has 1 fully saturated rings. The maximum absolute atomic E-state index is 13.1. The molecule has 192 valence electrons. The lowest BCUT2D eigenvalue weighted by molar-refractivity contribution is -0.130. The highest BCUT2D eigenvalue weighted by Gasteiger charge is 2.25.